The van der Waals surface area contributed by atoms with E-state index in [1.165, 1.54) is 37.7 Å². The van der Waals surface area contributed by atoms with Gasteiger partial charge in [0, 0.05) is 5.92 Å². The molecule has 0 saturated heterocycles. The van der Waals surface area contributed by atoms with Crippen LogP contribution in [0.3, 0.4) is 0 Å². The quantitative estimate of drug-likeness (QED) is 0.514. The Labute approximate surface area is 184 Å². The lowest BCUT2D eigenvalue weighted by atomic mass is 9.61. The van der Waals surface area contributed by atoms with Crippen molar-refractivity contribution in [1.29, 1.82) is 0 Å². The highest BCUT2D eigenvalue weighted by Gasteiger charge is 2.50. The number of aliphatic hydroxyl groups excluding tert-OH is 2. The van der Waals surface area contributed by atoms with Crippen LogP contribution in [0.15, 0.2) is 35.5 Å². The van der Waals surface area contributed by atoms with Crippen LogP contribution in [0.1, 0.15) is 86.0 Å². The lowest BCUT2D eigenvalue weighted by Crippen LogP contribution is -2.35. The van der Waals surface area contributed by atoms with Gasteiger partial charge in [-0.15, -0.1) is 0 Å². The first-order valence-corrected chi connectivity index (χ1v) is 12.2. The minimum atomic E-state index is -0.674. The van der Waals surface area contributed by atoms with Crippen molar-refractivity contribution < 1.29 is 15.3 Å². The maximum Gasteiger partial charge on any atom is 0.0651 e. The van der Waals surface area contributed by atoms with Crippen LogP contribution < -0.4 is 0 Å². The summed E-state index contributed by atoms with van der Waals surface area (Å²) in [4.78, 5) is 0. The van der Waals surface area contributed by atoms with E-state index in [0.717, 1.165) is 0 Å². The van der Waals surface area contributed by atoms with E-state index in [4.69, 9.17) is 0 Å². The Kier molecular flexibility index (Phi) is 7.37. The van der Waals surface area contributed by atoms with Crippen LogP contribution in [-0.2, 0) is 0 Å². The van der Waals surface area contributed by atoms with Gasteiger partial charge in [0.05, 0.1) is 17.8 Å². The van der Waals surface area contributed by atoms with Crippen LogP contribution in [-0.4, -0.2) is 33.1 Å². The van der Waals surface area contributed by atoms with E-state index >= 15 is 0 Å². The number of hydrogen-bond donors (Lipinski definition) is 3. The molecule has 3 heteroatoms. The molecule has 0 unspecified atom stereocenters. The number of aliphatic hydroxyl groups is 3. The first-order chi connectivity index (χ1) is 14.0. The highest BCUT2D eigenvalue weighted by molar-refractivity contribution is 5.26. The summed E-state index contributed by atoms with van der Waals surface area (Å²) < 4.78 is 0. The van der Waals surface area contributed by atoms with E-state index in [0.29, 0.717) is 42.4 Å². The van der Waals surface area contributed by atoms with Crippen molar-refractivity contribution in [3.05, 3.63) is 35.5 Å². The summed E-state index contributed by atoms with van der Waals surface area (Å²) in [7, 11) is 0. The lowest BCUT2D eigenvalue weighted by Gasteiger charge is -2.44. The first-order valence-electron chi connectivity index (χ1n) is 12.2. The van der Waals surface area contributed by atoms with Gasteiger partial charge in [0.2, 0.25) is 0 Å². The SMILES string of the molecule is C[C@H](/C=C/[C@@H](C)C(C)(C)O)[C@H]1CC[C@H]2C(=CC=C3C[C@@H](O)C[C@H](O)C3)CCC[C@]12C. The molecule has 3 aliphatic carbocycles. The minimum Gasteiger partial charge on any atom is -0.393 e. The molecule has 30 heavy (non-hydrogen) atoms. The Morgan fingerprint density at radius 3 is 2.33 bits per heavy atom. The molecule has 7 atom stereocenters. The van der Waals surface area contributed by atoms with Gasteiger partial charge in [0.15, 0.2) is 0 Å². The van der Waals surface area contributed by atoms with Crippen LogP contribution >= 0.6 is 0 Å². The topological polar surface area (TPSA) is 60.7 Å². The molecule has 3 fully saturated rings. The summed E-state index contributed by atoms with van der Waals surface area (Å²) in [6, 6.07) is 0. The zero-order valence-electron chi connectivity index (χ0n) is 19.8. The second-order valence-corrected chi connectivity index (χ2v) is 11.3. The fourth-order valence-corrected chi connectivity index (χ4v) is 6.39. The van der Waals surface area contributed by atoms with E-state index in [1.807, 2.05) is 13.8 Å². The second kappa shape index (κ2) is 9.30. The molecule has 3 rings (SSSR count). The van der Waals surface area contributed by atoms with Crippen molar-refractivity contribution in [1.82, 2.24) is 0 Å². The molecule has 0 aromatic carbocycles. The van der Waals surface area contributed by atoms with E-state index in [1.54, 1.807) is 5.57 Å². The van der Waals surface area contributed by atoms with E-state index in [9.17, 15) is 15.3 Å². The number of rotatable bonds is 5. The van der Waals surface area contributed by atoms with Crippen molar-refractivity contribution >= 4 is 0 Å². The maximum atomic E-state index is 10.2. The molecule has 3 aliphatic rings. The summed E-state index contributed by atoms with van der Waals surface area (Å²) in [6.45, 7) is 10.7. The standard InChI is InChI=1S/C27H44O3/c1-18(8-9-19(2)26(3,4)30)24-12-13-25-21(7-6-14-27(24,25)5)11-10-20-15-22(28)17-23(29)16-20/h8-11,18-19,22-25,28-30H,6-7,12-17H2,1-5H3/b9-8+,21-11?/t18-,19-,22-,23-,24-,25+,27-/m1/s1. The molecule has 3 nitrogen and oxygen atoms in total. The van der Waals surface area contributed by atoms with Gasteiger partial charge in [0.25, 0.3) is 0 Å². The van der Waals surface area contributed by atoms with Gasteiger partial charge < -0.3 is 15.3 Å². The lowest BCUT2D eigenvalue weighted by molar-refractivity contribution is 0.0436. The minimum absolute atomic E-state index is 0.152. The average Bonchev–Trinajstić information content (AvgIpc) is 3.00. The Morgan fingerprint density at radius 2 is 1.70 bits per heavy atom. The van der Waals surface area contributed by atoms with Crippen LogP contribution in [0.4, 0.5) is 0 Å². The van der Waals surface area contributed by atoms with Crippen molar-refractivity contribution in [3.63, 3.8) is 0 Å². The molecule has 0 aromatic heterocycles. The normalized spacial score (nSPS) is 38.7. The van der Waals surface area contributed by atoms with Crippen LogP contribution in [0.5, 0.6) is 0 Å². The van der Waals surface area contributed by atoms with Crippen LogP contribution in [0.2, 0.25) is 0 Å². The zero-order chi connectivity index (χ0) is 22.1. The highest BCUT2D eigenvalue weighted by atomic mass is 16.3. The highest BCUT2D eigenvalue weighted by Crippen LogP contribution is 2.59. The zero-order valence-corrected chi connectivity index (χ0v) is 19.8. The Balaban J connectivity index is 1.73. The van der Waals surface area contributed by atoms with Gasteiger partial charge in [-0.1, -0.05) is 56.2 Å². The van der Waals surface area contributed by atoms with Gasteiger partial charge in [-0.3, -0.25) is 0 Å². The second-order valence-electron chi connectivity index (χ2n) is 11.3. The molecular formula is C27H44O3. The van der Waals surface area contributed by atoms with E-state index in [2.05, 4.69) is 45.1 Å². The predicted octanol–water partition coefficient (Wildman–Crippen LogP) is 5.56. The third-order valence-corrected chi connectivity index (χ3v) is 8.56. The van der Waals surface area contributed by atoms with E-state index < -0.39 is 17.8 Å². The molecule has 0 radical (unpaired) electrons. The van der Waals surface area contributed by atoms with Gasteiger partial charge in [-0.05, 0) is 88.4 Å². The molecule has 3 N–H and O–H groups in total. The van der Waals surface area contributed by atoms with E-state index in [-0.39, 0.29) is 5.92 Å². The van der Waals surface area contributed by atoms with Crippen molar-refractivity contribution in [3.8, 4) is 0 Å². The predicted molar refractivity (Wildman–Crippen MR) is 124 cm³/mol. The summed E-state index contributed by atoms with van der Waals surface area (Å²) in [5.74, 6) is 2.00. The Bertz CT molecular complexity index is 671. The van der Waals surface area contributed by atoms with Crippen LogP contribution in [0.25, 0.3) is 0 Å². The molecule has 0 bridgehead atoms. The van der Waals surface area contributed by atoms with Gasteiger partial charge >= 0.3 is 0 Å². The Hall–Kier alpha value is -0.900. The smallest absolute Gasteiger partial charge is 0.0651 e. The first kappa shape index (κ1) is 23.8. The molecule has 0 heterocycles. The summed E-state index contributed by atoms with van der Waals surface area (Å²) in [6.07, 6.45) is 16.5. The van der Waals surface area contributed by atoms with Crippen molar-refractivity contribution in [2.45, 2.75) is 104 Å². The molecule has 0 aromatic rings. The molecule has 3 saturated carbocycles. The molecule has 0 aliphatic heterocycles. The van der Waals surface area contributed by atoms with Gasteiger partial charge in [0.1, 0.15) is 0 Å². The fourth-order valence-electron chi connectivity index (χ4n) is 6.39. The monoisotopic (exact) mass is 416 g/mol. The third-order valence-electron chi connectivity index (χ3n) is 8.56. The molecule has 170 valence electrons. The number of allylic oxidation sites excluding steroid dienone is 4. The molecular weight excluding hydrogens is 372 g/mol. The van der Waals surface area contributed by atoms with Crippen LogP contribution in [0, 0.1) is 29.1 Å². The molecule has 0 amide bonds. The van der Waals surface area contributed by atoms with Gasteiger partial charge in [-0.2, -0.15) is 0 Å². The number of fused-ring (bicyclic) bond motifs is 1. The Morgan fingerprint density at radius 1 is 1.03 bits per heavy atom. The number of hydrogen-bond acceptors (Lipinski definition) is 3. The summed E-state index contributed by atoms with van der Waals surface area (Å²) in [5.41, 5.74) is 2.43. The largest absolute Gasteiger partial charge is 0.393 e. The maximum absolute atomic E-state index is 10.2. The summed E-state index contributed by atoms with van der Waals surface area (Å²) in [5, 5.41) is 30.2. The fraction of sp³-hybridized carbons (Fsp3) is 0.778. The van der Waals surface area contributed by atoms with Crippen molar-refractivity contribution in [2.75, 3.05) is 0 Å². The third kappa shape index (κ3) is 5.29. The summed E-state index contributed by atoms with van der Waals surface area (Å²) >= 11 is 0. The molecule has 0 spiro atoms. The average molecular weight is 417 g/mol. The van der Waals surface area contributed by atoms with Gasteiger partial charge in [-0.25, -0.2) is 0 Å². The van der Waals surface area contributed by atoms with Crippen molar-refractivity contribution in [2.24, 2.45) is 29.1 Å².